The Kier molecular flexibility index (Phi) is 8.45. The highest BCUT2D eigenvalue weighted by Gasteiger charge is 2.28. The van der Waals surface area contributed by atoms with Crippen molar-refractivity contribution in [2.24, 2.45) is 0 Å². The molecule has 0 bridgehead atoms. The molecule has 10 heteroatoms. The molecule has 0 aliphatic carbocycles. The van der Waals surface area contributed by atoms with E-state index < -0.39 is 0 Å². The number of nitrogen functional groups attached to an aromatic ring is 1. The molecule has 1 aliphatic rings. The van der Waals surface area contributed by atoms with E-state index in [2.05, 4.69) is 15.3 Å². The van der Waals surface area contributed by atoms with Crippen LogP contribution in [-0.2, 0) is 9.53 Å². The van der Waals surface area contributed by atoms with Crippen molar-refractivity contribution in [3.05, 3.63) is 73.1 Å². The van der Waals surface area contributed by atoms with E-state index in [1.165, 1.54) is 6.33 Å². The van der Waals surface area contributed by atoms with Crippen LogP contribution in [0.1, 0.15) is 18.9 Å². The molecule has 5 rings (SSSR count). The molecule has 202 valence electrons. The molecule has 1 aliphatic heterocycles. The fraction of sp³-hybridized carbons (Fsp3) is 0.310. The lowest BCUT2D eigenvalue weighted by Gasteiger charge is -2.32. The van der Waals surface area contributed by atoms with Gasteiger partial charge in [-0.15, -0.1) is 0 Å². The van der Waals surface area contributed by atoms with Crippen LogP contribution in [0.4, 0.5) is 5.82 Å². The molecule has 1 atom stereocenters. The van der Waals surface area contributed by atoms with Crippen LogP contribution in [0, 0.1) is 0 Å². The Morgan fingerprint density at radius 1 is 1.13 bits per heavy atom. The zero-order valence-electron chi connectivity index (χ0n) is 22.0. The number of benzene rings is 2. The highest BCUT2D eigenvalue weighted by molar-refractivity contribution is 5.98. The topological polar surface area (TPSA) is 120 Å². The maximum absolute atomic E-state index is 12.9. The normalized spacial score (nSPS) is 15.7. The number of hydrogen-bond donors (Lipinski definition) is 2. The van der Waals surface area contributed by atoms with Crippen molar-refractivity contribution in [2.45, 2.75) is 18.9 Å². The summed E-state index contributed by atoms with van der Waals surface area (Å²) in [5, 5.41) is 8.89. The van der Waals surface area contributed by atoms with Gasteiger partial charge in [0.05, 0.1) is 18.0 Å². The largest absolute Gasteiger partial charge is 0.457 e. The molecule has 1 amide bonds. The van der Waals surface area contributed by atoms with Crippen molar-refractivity contribution in [1.29, 1.82) is 0 Å². The molecular formula is C29H33N7O3. The summed E-state index contributed by atoms with van der Waals surface area (Å²) in [6.45, 7) is 3.25. The average Bonchev–Trinajstić information content (AvgIpc) is 3.37. The summed E-state index contributed by atoms with van der Waals surface area (Å²) in [4.78, 5) is 23.5. The van der Waals surface area contributed by atoms with Gasteiger partial charge >= 0.3 is 0 Å². The van der Waals surface area contributed by atoms with Crippen LogP contribution < -0.4 is 15.8 Å². The van der Waals surface area contributed by atoms with Gasteiger partial charge in [0, 0.05) is 44.9 Å². The number of rotatable bonds is 10. The summed E-state index contributed by atoms with van der Waals surface area (Å²) in [5.74, 6) is 1.86. The first-order valence-corrected chi connectivity index (χ1v) is 13.1. The van der Waals surface area contributed by atoms with Crippen molar-refractivity contribution in [3.63, 3.8) is 0 Å². The molecule has 0 spiro atoms. The summed E-state index contributed by atoms with van der Waals surface area (Å²) in [7, 11) is 1.66. The van der Waals surface area contributed by atoms with Gasteiger partial charge < -0.3 is 25.4 Å². The third kappa shape index (κ3) is 6.24. The monoisotopic (exact) mass is 527 g/mol. The van der Waals surface area contributed by atoms with Gasteiger partial charge in [-0.1, -0.05) is 24.3 Å². The molecule has 2 aromatic heterocycles. The smallest absolute Gasteiger partial charge is 0.246 e. The number of amides is 1. The minimum Gasteiger partial charge on any atom is -0.457 e. The second kappa shape index (κ2) is 12.5. The number of fused-ring (bicyclic) bond motifs is 1. The van der Waals surface area contributed by atoms with Gasteiger partial charge in [-0.3, -0.25) is 4.79 Å². The van der Waals surface area contributed by atoms with Crippen LogP contribution in [0.25, 0.3) is 22.3 Å². The average molecular weight is 528 g/mol. The standard InChI is InChI=1S/C29H33N7O3/c1-38-18-16-31-15-5-10-25(37)35-17-6-7-22(19-35)36-29-26(28(30)32-20-33-29)27(34-36)21-11-13-24(14-12-21)39-23-8-3-2-4-9-23/h2-5,8-14,20,22,31H,6-7,15-19H2,1H3,(H2,30,32,33)/b10-5+/t22-/m1/s1. The van der Waals surface area contributed by atoms with E-state index in [0.717, 1.165) is 36.4 Å². The van der Waals surface area contributed by atoms with E-state index in [-0.39, 0.29) is 11.9 Å². The van der Waals surface area contributed by atoms with Crippen LogP contribution in [0.5, 0.6) is 11.5 Å². The molecule has 0 radical (unpaired) electrons. The van der Waals surface area contributed by atoms with Gasteiger partial charge in [0.15, 0.2) is 5.65 Å². The zero-order valence-corrected chi connectivity index (χ0v) is 22.0. The van der Waals surface area contributed by atoms with Crippen molar-refractivity contribution in [2.75, 3.05) is 45.6 Å². The molecule has 1 saturated heterocycles. The van der Waals surface area contributed by atoms with E-state index in [4.69, 9.17) is 20.3 Å². The number of aromatic nitrogens is 4. The van der Waals surface area contributed by atoms with Gasteiger partial charge in [0.1, 0.15) is 29.3 Å². The molecular weight excluding hydrogens is 494 g/mol. The van der Waals surface area contributed by atoms with E-state index in [1.807, 2.05) is 70.3 Å². The van der Waals surface area contributed by atoms with Gasteiger partial charge in [0.25, 0.3) is 0 Å². The lowest BCUT2D eigenvalue weighted by molar-refractivity contribution is -0.127. The Morgan fingerprint density at radius 3 is 2.72 bits per heavy atom. The van der Waals surface area contributed by atoms with Crippen LogP contribution in [0.2, 0.25) is 0 Å². The Hall–Kier alpha value is -4.28. The van der Waals surface area contributed by atoms with E-state index >= 15 is 0 Å². The second-order valence-electron chi connectivity index (χ2n) is 9.37. The predicted octanol–water partition coefficient (Wildman–Crippen LogP) is 3.82. The molecule has 3 heterocycles. The van der Waals surface area contributed by atoms with Crippen molar-refractivity contribution >= 4 is 22.8 Å². The lowest BCUT2D eigenvalue weighted by Crippen LogP contribution is -2.40. The molecule has 39 heavy (non-hydrogen) atoms. The third-order valence-electron chi connectivity index (χ3n) is 6.68. The van der Waals surface area contributed by atoms with E-state index in [9.17, 15) is 4.79 Å². The predicted molar refractivity (Wildman–Crippen MR) is 150 cm³/mol. The quantitative estimate of drug-likeness (QED) is 0.236. The SMILES string of the molecule is COCCNC/C=C/C(=O)N1CCC[C@@H](n2nc(-c3ccc(Oc4ccccc4)cc3)c3c(N)ncnc32)C1. The van der Waals surface area contributed by atoms with Gasteiger partial charge in [-0.05, 0) is 49.2 Å². The Morgan fingerprint density at radius 2 is 1.92 bits per heavy atom. The number of carbonyl (C=O) groups is 1. The Balaban J connectivity index is 1.35. The molecule has 2 aromatic carbocycles. The van der Waals surface area contributed by atoms with E-state index in [1.54, 1.807) is 13.2 Å². The maximum Gasteiger partial charge on any atom is 0.246 e. The third-order valence-corrected chi connectivity index (χ3v) is 6.68. The Labute approximate surface area is 227 Å². The number of likely N-dealkylation sites (tertiary alicyclic amines) is 1. The second-order valence-corrected chi connectivity index (χ2v) is 9.37. The summed E-state index contributed by atoms with van der Waals surface area (Å²) >= 11 is 0. The minimum atomic E-state index is -0.0258. The summed E-state index contributed by atoms with van der Waals surface area (Å²) in [6, 6.07) is 17.3. The van der Waals surface area contributed by atoms with Crippen molar-refractivity contribution in [3.8, 4) is 22.8 Å². The molecule has 3 N–H and O–H groups in total. The molecule has 1 fully saturated rings. The number of methoxy groups -OCH3 is 1. The molecule has 10 nitrogen and oxygen atoms in total. The number of nitrogens with two attached hydrogens (primary N) is 1. The van der Waals surface area contributed by atoms with Crippen LogP contribution >= 0.6 is 0 Å². The minimum absolute atomic E-state index is 0.00642. The highest BCUT2D eigenvalue weighted by atomic mass is 16.5. The fourth-order valence-corrected chi connectivity index (χ4v) is 4.74. The number of anilines is 1. The number of nitrogens with one attached hydrogen (secondary N) is 1. The number of hydrogen-bond acceptors (Lipinski definition) is 8. The summed E-state index contributed by atoms with van der Waals surface area (Å²) in [6.07, 6.45) is 6.70. The summed E-state index contributed by atoms with van der Waals surface area (Å²) < 4.78 is 12.9. The van der Waals surface area contributed by atoms with Crippen LogP contribution in [0.15, 0.2) is 73.1 Å². The zero-order chi connectivity index (χ0) is 27.0. The first-order chi connectivity index (χ1) is 19.1. The first kappa shape index (κ1) is 26.3. The number of para-hydroxylation sites is 1. The molecule has 0 unspecified atom stereocenters. The number of nitrogens with zero attached hydrogens (tertiary/aromatic N) is 5. The van der Waals surface area contributed by atoms with Crippen molar-refractivity contribution < 1.29 is 14.3 Å². The van der Waals surface area contributed by atoms with Gasteiger partial charge in [0.2, 0.25) is 5.91 Å². The first-order valence-electron chi connectivity index (χ1n) is 13.1. The summed E-state index contributed by atoms with van der Waals surface area (Å²) in [5.41, 5.74) is 8.58. The molecule has 4 aromatic rings. The number of carbonyl (C=O) groups excluding carboxylic acids is 1. The van der Waals surface area contributed by atoms with Gasteiger partial charge in [-0.2, -0.15) is 5.10 Å². The number of ether oxygens (including phenoxy) is 2. The highest BCUT2D eigenvalue weighted by Crippen LogP contribution is 2.34. The fourth-order valence-electron chi connectivity index (χ4n) is 4.74. The number of piperidine rings is 1. The lowest BCUT2D eigenvalue weighted by atomic mass is 10.1. The Bertz CT molecular complexity index is 1420. The maximum atomic E-state index is 12.9. The van der Waals surface area contributed by atoms with Crippen LogP contribution in [0.3, 0.4) is 0 Å². The molecule has 0 saturated carbocycles. The van der Waals surface area contributed by atoms with Crippen molar-refractivity contribution in [1.82, 2.24) is 30.0 Å². The van der Waals surface area contributed by atoms with E-state index in [0.29, 0.717) is 48.8 Å². The van der Waals surface area contributed by atoms with Crippen LogP contribution in [-0.4, -0.2) is 70.5 Å². The van der Waals surface area contributed by atoms with Gasteiger partial charge in [-0.25, -0.2) is 14.6 Å².